The van der Waals surface area contributed by atoms with Crippen LogP contribution in [0.2, 0.25) is 0 Å². The smallest absolute Gasteiger partial charge is 0.276 e. The molecule has 26 heavy (non-hydrogen) atoms. The van der Waals surface area contributed by atoms with Crippen molar-refractivity contribution >= 4 is 44.8 Å². The third kappa shape index (κ3) is 2.83. The van der Waals surface area contributed by atoms with E-state index in [9.17, 15) is 9.59 Å². The number of nitrogens with one attached hydrogen (secondary N) is 2. The van der Waals surface area contributed by atoms with Crippen molar-refractivity contribution in [2.45, 2.75) is 13.0 Å². The first kappa shape index (κ1) is 16.9. The molecule has 0 saturated heterocycles. The Morgan fingerprint density at radius 2 is 2.04 bits per heavy atom. The largest absolute Gasteiger partial charge is 0.341 e. The Morgan fingerprint density at radius 1 is 1.23 bits per heavy atom. The fourth-order valence-electron chi connectivity index (χ4n) is 3.17. The van der Waals surface area contributed by atoms with E-state index in [-0.39, 0.29) is 17.9 Å². The topological polar surface area (TPSA) is 71.1 Å². The van der Waals surface area contributed by atoms with Crippen molar-refractivity contribution in [1.29, 1.82) is 0 Å². The number of aromatic nitrogens is 1. The van der Waals surface area contributed by atoms with Crippen molar-refractivity contribution in [3.8, 4) is 0 Å². The molecule has 3 aromatic rings. The van der Waals surface area contributed by atoms with Crippen LogP contribution < -0.4 is 10.6 Å². The number of benzene rings is 2. The van der Waals surface area contributed by atoms with E-state index in [1.54, 1.807) is 17.6 Å². The monoisotopic (exact) mass is 427 g/mol. The first-order valence-electron chi connectivity index (χ1n) is 7.96. The van der Waals surface area contributed by atoms with E-state index in [4.69, 9.17) is 0 Å². The van der Waals surface area contributed by atoms with Gasteiger partial charge in [0.25, 0.3) is 11.8 Å². The Kier molecular flexibility index (Phi) is 4.34. The highest BCUT2D eigenvalue weighted by Gasteiger charge is 2.33. The van der Waals surface area contributed by atoms with Gasteiger partial charge < -0.3 is 10.6 Å². The lowest BCUT2D eigenvalue weighted by molar-refractivity contribution is 0.0959. The lowest BCUT2D eigenvalue weighted by Crippen LogP contribution is -2.21. The van der Waals surface area contributed by atoms with E-state index >= 15 is 0 Å². The Labute approximate surface area is 162 Å². The first-order chi connectivity index (χ1) is 12.6. The zero-order valence-corrected chi connectivity index (χ0v) is 16.1. The van der Waals surface area contributed by atoms with E-state index in [1.807, 2.05) is 37.3 Å². The summed E-state index contributed by atoms with van der Waals surface area (Å²) < 4.78 is 0.673. The van der Waals surface area contributed by atoms with Gasteiger partial charge in [-0.2, -0.15) is 0 Å². The van der Waals surface area contributed by atoms with Gasteiger partial charge in [0.05, 0.1) is 11.6 Å². The Balaban J connectivity index is 1.77. The number of thiazole rings is 1. The lowest BCUT2D eigenvalue weighted by atomic mass is 9.93. The number of fused-ring (bicyclic) bond motifs is 1. The third-order valence-electron chi connectivity index (χ3n) is 4.40. The minimum Gasteiger partial charge on any atom is -0.341 e. The summed E-state index contributed by atoms with van der Waals surface area (Å²) >= 11 is 4.69. The number of anilines is 1. The van der Waals surface area contributed by atoms with E-state index < -0.39 is 0 Å². The second kappa shape index (κ2) is 6.66. The summed E-state index contributed by atoms with van der Waals surface area (Å²) in [6, 6.07) is 13.0. The number of aryl methyl sites for hydroxylation is 1. The van der Waals surface area contributed by atoms with Gasteiger partial charge in [-0.3, -0.25) is 9.59 Å². The third-order valence-corrected chi connectivity index (χ3v) is 5.95. The van der Waals surface area contributed by atoms with E-state index in [0.717, 1.165) is 16.7 Å². The Hall–Kier alpha value is -2.51. The van der Waals surface area contributed by atoms with E-state index in [2.05, 4.69) is 31.5 Å². The van der Waals surface area contributed by atoms with Crippen molar-refractivity contribution in [1.82, 2.24) is 10.3 Å². The summed E-state index contributed by atoms with van der Waals surface area (Å²) in [6.45, 7) is 2.01. The summed E-state index contributed by atoms with van der Waals surface area (Å²) in [6.07, 6.45) is 0. The molecule has 2 amide bonds. The van der Waals surface area contributed by atoms with Gasteiger partial charge in [0.15, 0.2) is 5.69 Å². The van der Waals surface area contributed by atoms with Gasteiger partial charge in [-0.1, -0.05) is 30.3 Å². The van der Waals surface area contributed by atoms with E-state index in [0.29, 0.717) is 20.7 Å². The summed E-state index contributed by atoms with van der Waals surface area (Å²) in [5.74, 6) is -0.450. The molecular formula is C19H14BrN3O2S. The quantitative estimate of drug-likeness (QED) is 0.654. The molecule has 4 rings (SSSR count). The second-order valence-corrected chi connectivity index (χ2v) is 8.13. The van der Waals surface area contributed by atoms with Crippen LogP contribution in [0.4, 0.5) is 5.69 Å². The molecular weight excluding hydrogens is 414 g/mol. The van der Waals surface area contributed by atoms with Crippen LogP contribution in [0.15, 0.2) is 51.8 Å². The van der Waals surface area contributed by atoms with Crippen LogP contribution in [0.3, 0.4) is 0 Å². The van der Waals surface area contributed by atoms with Crippen molar-refractivity contribution in [2.24, 2.45) is 0 Å². The highest BCUT2D eigenvalue weighted by atomic mass is 79.9. The molecule has 5 nitrogen and oxygen atoms in total. The zero-order chi connectivity index (χ0) is 18.3. The van der Waals surface area contributed by atoms with Gasteiger partial charge in [-0.15, -0.1) is 11.3 Å². The number of carbonyl (C=O) groups excluding carboxylic acids is 2. The van der Waals surface area contributed by atoms with Gasteiger partial charge in [0.2, 0.25) is 0 Å². The van der Waals surface area contributed by atoms with Gasteiger partial charge in [-0.05, 0) is 46.1 Å². The van der Waals surface area contributed by atoms with Gasteiger partial charge >= 0.3 is 0 Å². The standard InChI is InChI=1S/C19H14BrN3O2S/c1-10-5-2-3-6-11(10)15-14-12(18(24)23-15)7-4-8-13(14)22-19(25)16-17(20)26-9-21-16/h2-9,15H,1H3,(H,22,25)(H,23,24). The molecule has 2 heterocycles. The maximum absolute atomic E-state index is 12.6. The molecule has 0 aliphatic carbocycles. The van der Waals surface area contributed by atoms with Crippen LogP contribution in [0.25, 0.3) is 0 Å². The lowest BCUT2D eigenvalue weighted by Gasteiger charge is -2.18. The molecule has 1 unspecified atom stereocenters. The summed E-state index contributed by atoms with van der Waals surface area (Å²) in [5.41, 5.74) is 6.00. The fraction of sp³-hybridized carbons (Fsp3) is 0.105. The molecule has 130 valence electrons. The molecule has 0 bridgehead atoms. The van der Waals surface area contributed by atoms with Crippen molar-refractivity contribution in [3.05, 3.63) is 79.7 Å². The van der Waals surface area contributed by atoms with Crippen LogP contribution in [0.5, 0.6) is 0 Å². The molecule has 2 N–H and O–H groups in total. The first-order valence-corrected chi connectivity index (χ1v) is 9.63. The SMILES string of the molecule is Cc1ccccc1C1NC(=O)c2cccc(NC(=O)c3ncsc3Br)c21. The summed E-state index contributed by atoms with van der Waals surface area (Å²) in [7, 11) is 0. The number of carbonyl (C=O) groups is 2. The van der Waals surface area contributed by atoms with Crippen LogP contribution >= 0.6 is 27.3 Å². The fourth-order valence-corrected chi connectivity index (χ4v) is 4.21. The van der Waals surface area contributed by atoms with Gasteiger partial charge in [-0.25, -0.2) is 4.98 Å². The normalized spacial score (nSPS) is 15.5. The predicted molar refractivity (Wildman–Crippen MR) is 105 cm³/mol. The molecule has 0 radical (unpaired) electrons. The molecule has 1 atom stereocenters. The van der Waals surface area contributed by atoms with Gasteiger partial charge in [0.1, 0.15) is 3.79 Å². The number of amides is 2. The minimum absolute atomic E-state index is 0.140. The summed E-state index contributed by atoms with van der Waals surface area (Å²) in [4.78, 5) is 29.1. The Bertz CT molecular complexity index is 1030. The van der Waals surface area contributed by atoms with Gasteiger partial charge in [0, 0.05) is 16.8 Å². The molecule has 1 aromatic heterocycles. The van der Waals surface area contributed by atoms with Crippen molar-refractivity contribution in [3.63, 3.8) is 0 Å². The minimum atomic E-state index is -0.311. The molecule has 1 aliphatic heterocycles. The predicted octanol–water partition coefficient (Wildman–Crippen LogP) is 4.30. The zero-order valence-electron chi connectivity index (χ0n) is 13.7. The number of hydrogen-bond donors (Lipinski definition) is 2. The molecule has 1 aliphatic rings. The highest BCUT2D eigenvalue weighted by Crippen LogP contribution is 2.37. The number of hydrogen-bond acceptors (Lipinski definition) is 4. The molecule has 2 aromatic carbocycles. The van der Waals surface area contributed by atoms with Crippen LogP contribution in [-0.2, 0) is 0 Å². The van der Waals surface area contributed by atoms with Crippen molar-refractivity contribution < 1.29 is 9.59 Å². The maximum atomic E-state index is 12.6. The number of rotatable bonds is 3. The number of nitrogens with zero attached hydrogens (tertiary/aromatic N) is 1. The highest BCUT2D eigenvalue weighted by molar-refractivity contribution is 9.11. The molecule has 0 fully saturated rings. The average molecular weight is 428 g/mol. The molecule has 7 heteroatoms. The average Bonchev–Trinajstić information content (AvgIpc) is 3.20. The van der Waals surface area contributed by atoms with Crippen LogP contribution in [-0.4, -0.2) is 16.8 Å². The number of halogens is 1. The molecule has 0 spiro atoms. The van der Waals surface area contributed by atoms with Crippen molar-refractivity contribution in [2.75, 3.05) is 5.32 Å². The maximum Gasteiger partial charge on any atom is 0.276 e. The summed E-state index contributed by atoms with van der Waals surface area (Å²) in [5, 5.41) is 5.93. The molecule has 0 saturated carbocycles. The second-order valence-electron chi connectivity index (χ2n) is 5.96. The Morgan fingerprint density at radius 3 is 2.77 bits per heavy atom. The van der Waals surface area contributed by atoms with Crippen LogP contribution in [0, 0.1) is 6.92 Å². The van der Waals surface area contributed by atoms with E-state index in [1.165, 1.54) is 11.3 Å². The van der Waals surface area contributed by atoms with Crippen LogP contribution in [0.1, 0.15) is 43.6 Å².